The minimum absolute atomic E-state index is 0.0114. The van der Waals surface area contributed by atoms with Crippen LogP contribution in [0.4, 0.5) is 5.82 Å². The molecule has 0 aliphatic heterocycles. The number of primary amides is 1. The number of anilines is 1. The van der Waals surface area contributed by atoms with Crippen molar-refractivity contribution >= 4 is 21.7 Å². The lowest BCUT2D eigenvalue weighted by Crippen LogP contribution is -2.42. The molecule has 0 saturated heterocycles. The molecule has 1 unspecified atom stereocenters. The topological polar surface area (TPSA) is 114 Å². The van der Waals surface area contributed by atoms with Gasteiger partial charge >= 0.3 is 0 Å². The summed E-state index contributed by atoms with van der Waals surface area (Å²) < 4.78 is 26.0. The molecule has 4 N–H and O–H groups in total. The van der Waals surface area contributed by atoms with E-state index in [0.717, 1.165) is 13.0 Å². The number of aromatic nitrogens is 1. The second kappa shape index (κ2) is 6.48. The Labute approximate surface area is 112 Å². The summed E-state index contributed by atoms with van der Waals surface area (Å²) in [4.78, 5) is 14.8. The van der Waals surface area contributed by atoms with Crippen molar-refractivity contribution in [3.63, 3.8) is 0 Å². The van der Waals surface area contributed by atoms with Gasteiger partial charge < -0.3 is 11.1 Å². The van der Waals surface area contributed by atoms with Crippen LogP contribution in [0.1, 0.15) is 20.3 Å². The average molecular weight is 286 g/mol. The van der Waals surface area contributed by atoms with Gasteiger partial charge in [-0.3, -0.25) is 4.79 Å². The SMILES string of the molecule is CCCNc1ccc(S(=O)(=O)NC(C)C(N)=O)cn1. The van der Waals surface area contributed by atoms with Gasteiger partial charge in [-0.05, 0) is 25.5 Å². The van der Waals surface area contributed by atoms with Gasteiger partial charge in [-0.25, -0.2) is 13.4 Å². The number of sulfonamides is 1. The Hall–Kier alpha value is -1.67. The number of nitrogens with two attached hydrogens (primary N) is 1. The van der Waals surface area contributed by atoms with Gasteiger partial charge in [0.2, 0.25) is 15.9 Å². The van der Waals surface area contributed by atoms with Crippen LogP contribution < -0.4 is 15.8 Å². The molecule has 0 spiro atoms. The molecule has 0 radical (unpaired) electrons. The highest BCUT2D eigenvalue weighted by atomic mass is 32.2. The van der Waals surface area contributed by atoms with Gasteiger partial charge in [0, 0.05) is 12.7 Å². The van der Waals surface area contributed by atoms with Crippen molar-refractivity contribution < 1.29 is 13.2 Å². The quantitative estimate of drug-likeness (QED) is 0.655. The zero-order chi connectivity index (χ0) is 14.5. The maximum absolute atomic E-state index is 11.9. The Balaban J connectivity index is 2.81. The van der Waals surface area contributed by atoms with Crippen molar-refractivity contribution in [3.8, 4) is 0 Å². The van der Waals surface area contributed by atoms with Crippen LogP contribution in [-0.2, 0) is 14.8 Å². The molecule has 0 aromatic carbocycles. The highest BCUT2D eigenvalue weighted by molar-refractivity contribution is 7.89. The normalized spacial score (nSPS) is 12.9. The lowest BCUT2D eigenvalue weighted by Gasteiger charge is -2.11. The second-order valence-electron chi connectivity index (χ2n) is 4.05. The number of hydrogen-bond acceptors (Lipinski definition) is 5. The van der Waals surface area contributed by atoms with E-state index in [9.17, 15) is 13.2 Å². The first-order valence-corrected chi connectivity index (χ1v) is 7.36. The van der Waals surface area contributed by atoms with Crippen LogP contribution in [0.15, 0.2) is 23.2 Å². The van der Waals surface area contributed by atoms with Crippen molar-refractivity contribution in [2.45, 2.75) is 31.2 Å². The number of carbonyl (C=O) groups is 1. The van der Waals surface area contributed by atoms with Crippen LogP contribution in [0.25, 0.3) is 0 Å². The molecule has 1 amide bonds. The number of hydrogen-bond donors (Lipinski definition) is 3. The number of rotatable bonds is 7. The zero-order valence-corrected chi connectivity index (χ0v) is 11.7. The number of pyridine rings is 1. The monoisotopic (exact) mass is 286 g/mol. The van der Waals surface area contributed by atoms with Crippen molar-refractivity contribution in [2.75, 3.05) is 11.9 Å². The molecule has 106 valence electrons. The number of nitrogens with one attached hydrogen (secondary N) is 2. The molecule has 7 nitrogen and oxygen atoms in total. The molecule has 1 rings (SSSR count). The Bertz CT molecular complexity index is 527. The van der Waals surface area contributed by atoms with Crippen molar-refractivity contribution in [2.24, 2.45) is 5.73 Å². The predicted molar refractivity (Wildman–Crippen MR) is 72.0 cm³/mol. The van der Waals surface area contributed by atoms with Crippen molar-refractivity contribution in [1.29, 1.82) is 0 Å². The summed E-state index contributed by atoms with van der Waals surface area (Å²) in [7, 11) is -3.78. The third-order valence-electron chi connectivity index (χ3n) is 2.36. The summed E-state index contributed by atoms with van der Waals surface area (Å²) in [5.74, 6) is -0.137. The molecular formula is C11H18N4O3S. The van der Waals surface area contributed by atoms with E-state index in [2.05, 4.69) is 15.0 Å². The standard InChI is InChI=1S/C11H18N4O3S/c1-3-6-13-10-5-4-9(7-14-10)19(17,18)15-8(2)11(12)16/h4-5,7-8,15H,3,6H2,1-2H3,(H2,12,16)(H,13,14). The van der Waals surface area contributed by atoms with Gasteiger partial charge in [0.25, 0.3) is 0 Å². The highest BCUT2D eigenvalue weighted by Crippen LogP contribution is 2.11. The van der Waals surface area contributed by atoms with Gasteiger partial charge in [-0.1, -0.05) is 6.92 Å². The Morgan fingerprint density at radius 1 is 1.47 bits per heavy atom. The summed E-state index contributed by atoms with van der Waals surface area (Å²) in [6.45, 7) is 4.15. The molecule has 1 atom stereocenters. The van der Waals surface area contributed by atoms with E-state index in [0.29, 0.717) is 5.82 Å². The van der Waals surface area contributed by atoms with E-state index in [1.165, 1.54) is 19.2 Å². The largest absolute Gasteiger partial charge is 0.370 e. The van der Waals surface area contributed by atoms with Crippen LogP contribution in [0, 0.1) is 0 Å². The molecule has 1 aromatic heterocycles. The van der Waals surface area contributed by atoms with Crippen molar-refractivity contribution in [3.05, 3.63) is 18.3 Å². The second-order valence-corrected chi connectivity index (χ2v) is 5.77. The summed E-state index contributed by atoms with van der Waals surface area (Å²) in [5.41, 5.74) is 5.01. The number of nitrogens with zero attached hydrogens (tertiary/aromatic N) is 1. The van der Waals surface area contributed by atoms with Crippen molar-refractivity contribution in [1.82, 2.24) is 9.71 Å². The van der Waals surface area contributed by atoms with E-state index in [1.54, 1.807) is 6.07 Å². The summed E-state index contributed by atoms with van der Waals surface area (Å²) in [6.07, 6.45) is 2.17. The van der Waals surface area contributed by atoms with Crippen LogP contribution >= 0.6 is 0 Å². The summed E-state index contributed by atoms with van der Waals surface area (Å²) in [5, 5.41) is 3.03. The third-order valence-corrected chi connectivity index (χ3v) is 3.89. The van der Waals surface area contributed by atoms with E-state index >= 15 is 0 Å². The van der Waals surface area contributed by atoms with Crippen LogP contribution in [0.5, 0.6) is 0 Å². The smallest absolute Gasteiger partial charge is 0.242 e. The molecule has 19 heavy (non-hydrogen) atoms. The lowest BCUT2D eigenvalue weighted by atomic mass is 10.4. The minimum atomic E-state index is -3.78. The van der Waals surface area contributed by atoms with Gasteiger partial charge in [-0.2, -0.15) is 4.72 Å². The van der Waals surface area contributed by atoms with Gasteiger partial charge in [-0.15, -0.1) is 0 Å². The first-order valence-electron chi connectivity index (χ1n) is 5.88. The van der Waals surface area contributed by atoms with E-state index in [-0.39, 0.29) is 4.90 Å². The minimum Gasteiger partial charge on any atom is -0.370 e. The molecule has 0 bridgehead atoms. The molecule has 8 heteroatoms. The fraction of sp³-hybridized carbons (Fsp3) is 0.455. The van der Waals surface area contributed by atoms with Crippen LogP contribution in [0.2, 0.25) is 0 Å². The first kappa shape index (κ1) is 15.4. The van der Waals surface area contributed by atoms with E-state index in [1.807, 2.05) is 6.92 Å². The van der Waals surface area contributed by atoms with Gasteiger partial charge in [0.15, 0.2) is 0 Å². The Kier molecular flexibility index (Phi) is 5.25. The molecule has 1 aromatic rings. The van der Waals surface area contributed by atoms with Crippen LogP contribution in [-0.4, -0.2) is 31.9 Å². The van der Waals surface area contributed by atoms with Gasteiger partial charge in [0.1, 0.15) is 10.7 Å². The summed E-state index contributed by atoms with van der Waals surface area (Å²) in [6, 6.07) is 2.02. The zero-order valence-electron chi connectivity index (χ0n) is 10.9. The first-order chi connectivity index (χ1) is 8.86. The molecule has 0 aliphatic carbocycles. The fourth-order valence-corrected chi connectivity index (χ4v) is 2.41. The Morgan fingerprint density at radius 3 is 2.63 bits per heavy atom. The Morgan fingerprint density at radius 2 is 2.16 bits per heavy atom. The predicted octanol–water partition coefficient (Wildman–Crippen LogP) is 0.0556. The summed E-state index contributed by atoms with van der Waals surface area (Å²) >= 11 is 0. The average Bonchev–Trinajstić information content (AvgIpc) is 2.36. The third kappa shape index (κ3) is 4.49. The van der Waals surface area contributed by atoms with Crippen LogP contribution in [0.3, 0.4) is 0 Å². The number of amides is 1. The van der Waals surface area contributed by atoms with E-state index < -0.39 is 22.0 Å². The molecule has 0 saturated carbocycles. The molecule has 0 fully saturated rings. The lowest BCUT2D eigenvalue weighted by molar-refractivity contribution is -0.119. The highest BCUT2D eigenvalue weighted by Gasteiger charge is 2.20. The van der Waals surface area contributed by atoms with E-state index in [4.69, 9.17) is 5.73 Å². The fourth-order valence-electron chi connectivity index (χ4n) is 1.26. The molecule has 0 aliphatic rings. The maximum atomic E-state index is 11.9. The molecular weight excluding hydrogens is 268 g/mol. The maximum Gasteiger partial charge on any atom is 0.242 e. The van der Waals surface area contributed by atoms with Gasteiger partial charge in [0.05, 0.1) is 6.04 Å². The molecule has 1 heterocycles. The number of carbonyl (C=O) groups excluding carboxylic acids is 1.